The molecule has 0 spiro atoms. The first kappa shape index (κ1) is 13.4. The molecule has 100 valence electrons. The van der Waals surface area contributed by atoms with Crippen LogP contribution in [-0.4, -0.2) is 30.6 Å². The predicted octanol–water partition coefficient (Wildman–Crippen LogP) is 3.67. The summed E-state index contributed by atoms with van der Waals surface area (Å²) in [6.07, 6.45) is 5.48. The van der Waals surface area contributed by atoms with Crippen molar-refractivity contribution in [2.75, 3.05) is 25.0 Å². The number of nitrogens with one attached hydrogen (secondary N) is 1. The fraction of sp³-hybridized carbons (Fsp3) is 0.625. The minimum absolute atomic E-state index is 0.817. The Kier molecular flexibility index (Phi) is 5.06. The summed E-state index contributed by atoms with van der Waals surface area (Å²) in [5.41, 5.74) is 2.62. The molecule has 0 radical (unpaired) electrons. The lowest BCUT2D eigenvalue weighted by Crippen LogP contribution is -2.41. The standard InChI is InChI=1S/C16H26N2/c1-3-15-9-6-7-12-18(15)13-11-17-16-10-5-4-8-14(16)2/h4-5,8,10,15,17H,3,6-7,9,11-13H2,1-2H3. The van der Waals surface area contributed by atoms with Crippen molar-refractivity contribution in [3.05, 3.63) is 29.8 Å². The van der Waals surface area contributed by atoms with Gasteiger partial charge in [-0.05, 0) is 44.4 Å². The molecule has 1 fully saturated rings. The number of piperidine rings is 1. The lowest BCUT2D eigenvalue weighted by atomic mass is 10.0. The van der Waals surface area contributed by atoms with Gasteiger partial charge in [0, 0.05) is 24.8 Å². The van der Waals surface area contributed by atoms with E-state index >= 15 is 0 Å². The van der Waals surface area contributed by atoms with Crippen molar-refractivity contribution in [1.82, 2.24) is 4.90 Å². The molecular weight excluding hydrogens is 220 g/mol. The van der Waals surface area contributed by atoms with Gasteiger partial charge in [-0.15, -0.1) is 0 Å². The number of likely N-dealkylation sites (tertiary alicyclic amines) is 1. The Morgan fingerprint density at radius 3 is 2.89 bits per heavy atom. The summed E-state index contributed by atoms with van der Waals surface area (Å²) in [5, 5.41) is 3.56. The zero-order valence-electron chi connectivity index (χ0n) is 11.8. The summed E-state index contributed by atoms with van der Waals surface area (Å²) in [5.74, 6) is 0. The number of para-hydroxylation sites is 1. The largest absolute Gasteiger partial charge is 0.384 e. The number of anilines is 1. The van der Waals surface area contributed by atoms with Gasteiger partial charge in [-0.1, -0.05) is 31.5 Å². The van der Waals surface area contributed by atoms with Gasteiger partial charge in [-0.3, -0.25) is 4.90 Å². The zero-order chi connectivity index (χ0) is 12.8. The monoisotopic (exact) mass is 246 g/mol. The molecule has 1 aliphatic heterocycles. The molecule has 0 amide bonds. The van der Waals surface area contributed by atoms with Crippen molar-refractivity contribution < 1.29 is 0 Å². The molecule has 1 atom stereocenters. The van der Waals surface area contributed by atoms with E-state index in [2.05, 4.69) is 48.3 Å². The summed E-state index contributed by atoms with van der Waals surface area (Å²) < 4.78 is 0. The molecule has 2 heteroatoms. The quantitative estimate of drug-likeness (QED) is 0.852. The van der Waals surface area contributed by atoms with E-state index in [1.807, 2.05) is 0 Å². The Bertz CT molecular complexity index is 362. The van der Waals surface area contributed by atoms with E-state index in [4.69, 9.17) is 0 Å². The lowest BCUT2D eigenvalue weighted by Gasteiger charge is -2.35. The number of hydrogen-bond donors (Lipinski definition) is 1. The van der Waals surface area contributed by atoms with Crippen LogP contribution >= 0.6 is 0 Å². The van der Waals surface area contributed by atoms with E-state index in [-0.39, 0.29) is 0 Å². The molecule has 1 heterocycles. The topological polar surface area (TPSA) is 15.3 Å². The zero-order valence-corrected chi connectivity index (χ0v) is 11.8. The number of hydrogen-bond acceptors (Lipinski definition) is 2. The number of benzene rings is 1. The Morgan fingerprint density at radius 1 is 1.28 bits per heavy atom. The molecule has 18 heavy (non-hydrogen) atoms. The second-order valence-corrected chi connectivity index (χ2v) is 5.34. The summed E-state index contributed by atoms with van der Waals surface area (Å²) >= 11 is 0. The van der Waals surface area contributed by atoms with Gasteiger partial charge in [0.15, 0.2) is 0 Å². The van der Waals surface area contributed by atoms with E-state index in [1.165, 1.54) is 50.0 Å². The molecule has 1 aliphatic rings. The van der Waals surface area contributed by atoms with Crippen LogP contribution in [0.1, 0.15) is 38.2 Å². The molecule has 2 nitrogen and oxygen atoms in total. The lowest BCUT2D eigenvalue weighted by molar-refractivity contribution is 0.150. The first-order valence-electron chi connectivity index (χ1n) is 7.35. The highest BCUT2D eigenvalue weighted by Gasteiger charge is 2.19. The molecule has 0 saturated carbocycles. The van der Waals surface area contributed by atoms with Gasteiger partial charge >= 0.3 is 0 Å². The van der Waals surface area contributed by atoms with Crippen LogP contribution in [0.2, 0.25) is 0 Å². The number of nitrogens with zero attached hydrogens (tertiary/aromatic N) is 1. The van der Waals surface area contributed by atoms with Crippen molar-refractivity contribution >= 4 is 5.69 Å². The average molecular weight is 246 g/mol. The van der Waals surface area contributed by atoms with Gasteiger partial charge in [-0.2, -0.15) is 0 Å². The molecule has 0 aliphatic carbocycles. The fourth-order valence-electron chi connectivity index (χ4n) is 2.92. The maximum atomic E-state index is 3.56. The predicted molar refractivity (Wildman–Crippen MR) is 79.2 cm³/mol. The van der Waals surface area contributed by atoms with Crippen LogP contribution in [-0.2, 0) is 0 Å². The summed E-state index contributed by atoms with van der Waals surface area (Å²) in [6.45, 7) is 8.00. The van der Waals surface area contributed by atoms with Crippen LogP contribution in [0.5, 0.6) is 0 Å². The minimum Gasteiger partial charge on any atom is -0.384 e. The highest BCUT2D eigenvalue weighted by atomic mass is 15.2. The smallest absolute Gasteiger partial charge is 0.0370 e. The number of aryl methyl sites for hydroxylation is 1. The van der Waals surface area contributed by atoms with Gasteiger partial charge in [-0.25, -0.2) is 0 Å². The van der Waals surface area contributed by atoms with Gasteiger partial charge < -0.3 is 5.32 Å². The van der Waals surface area contributed by atoms with E-state index in [9.17, 15) is 0 Å². The molecule has 1 N–H and O–H groups in total. The molecular formula is C16H26N2. The molecule has 1 aromatic rings. The van der Waals surface area contributed by atoms with Crippen LogP contribution in [0.4, 0.5) is 5.69 Å². The third-order valence-corrected chi connectivity index (χ3v) is 4.08. The van der Waals surface area contributed by atoms with Crippen LogP contribution in [0.25, 0.3) is 0 Å². The second-order valence-electron chi connectivity index (χ2n) is 5.34. The normalized spacial score (nSPS) is 20.9. The van der Waals surface area contributed by atoms with E-state index in [0.717, 1.165) is 12.6 Å². The average Bonchev–Trinajstić information content (AvgIpc) is 2.41. The van der Waals surface area contributed by atoms with Crippen molar-refractivity contribution in [2.24, 2.45) is 0 Å². The molecule has 0 bridgehead atoms. The molecule has 2 rings (SSSR count). The van der Waals surface area contributed by atoms with Crippen LogP contribution in [0, 0.1) is 6.92 Å². The third-order valence-electron chi connectivity index (χ3n) is 4.08. The van der Waals surface area contributed by atoms with Crippen molar-refractivity contribution in [2.45, 2.75) is 45.6 Å². The Morgan fingerprint density at radius 2 is 2.11 bits per heavy atom. The highest BCUT2D eigenvalue weighted by molar-refractivity contribution is 5.50. The van der Waals surface area contributed by atoms with Crippen LogP contribution in [0.3, 0.4) is 0 Å². The summed E-state index contributed by atoms with van der Waals surface area (Å²) in [6, 6.07) is 9.35. The third kappa shape index (κ3) is 3.49. The number of rotatable bonds is 5. The van der Waals surface area contributed by atoms with E-state index < -0.39 is 0 Å². The second kappa shape index (κ2) is 6.79. The summed E-state index contributed by atoms with van der Waals surface area (Å²) in [4.78, 5) is 2.66. The van der Waals surface area contributed by atoms with Crippen LogP contribution in [0.15, 0.2) is 24.3 Å². The highest BCUT2D eigenvalue weighted by Crippen LogP contribution is 2.19. The van der Waals surface area contributed by atoms with Gasteiger partial charge in [0.05, 0.1) is 0 Å². The Balaban J connectivity index is 1.79. The van der Waals surface area contributed by atoms with Gasteiger partial charge in [0.25, 0.3) is 0 Å². The van der Waals surface area contributed by atoms with Gasteiger partial charge in [0.1, 0.15) is 0 Å². The first-order chi connectivity index (χ1) is 8.81. The fourth-order valence-corrected chi connectivity index (χ4v) is 2.92. The maximum Gasteiger partial charge on any atom is 0.0370 e. The summed E-state index contributed by atoms with van der Waals surface area (Å²) in [7, 11) is 0. The first-order valence-corrected chi connectivity index (χ1v) is 7.35. The van der Waals surface area contributed by atoms with E-state index in [1.54, 1.807) is 0 Å². The Hall–Kier alpha value is -1.02. The van der Waals surface area contributed by atoms with Crippen molar-refractivity contribution in [3.63, 3.8) is 0 Å². The van der Waals surface area contributed by atoms with Gasteiger partial charge in [0.2, 0.25) is 0 Å². The minimum atomic E-state index is 0.817. The molecule has 1 aromatic carbocycles. The molecule has 1 unspecified atom stereocenters. The van der Waals surface area contributed by atoms with E-state index in [0.29, 0.717) is 0 Å². The SMILES string of the molecule is CCC1CCCCN1CCNc1ccccc1C. The Labute approximate surface area is 111 Å². The van der Waals surface area contributed by atoms with Crippen molar-refractivity contribution in [1.29, 1.82) is 0 Å². The van der Waals surface area contributed by atoms with Crippen molar-refractivity contribution in [3.8, 4) is 0 Å². The molecule has 0 aromatic heterocycles. The van der Waals surface area contributed by atoms with Crippen LogP contribution < -0.4 is 5.32 Å². The maximum absolute atomic E-state index is 3.56. The molecule has 1 saturated heterocycles.